The minimum absolute atomic E-state index is 0.669. The molecule has 0 atom stereocenters. The Balaban J connectivity index is 1.79. The van der Waals surface area contributed by atoms with Gasteiger partial charge in [0.15, 0.2) is 0 Å². The predicted molar refractivity (Wildman–Crippen MR) is 84.7 cm³/mol. The maximum Gasteiger partial charge on any atom is 0.118 e. The summed E-state index contributed by atoms with van der Waals surface area (Å²) in [5, 5.41) is 3.43. The number of hydrogen-bond donors (Lipinski definition) is 1. The van der Waals surface area contributed by atoms with Crippen molar-refractivity contribution in [3.63, 3.8) is 0 Å². The van der Waals surface area contributed by atoms with Gasteiger partial charge in [0.2, 0.25) is 0 Å². The normalized spacial score (nSPS) is 11.5. The van der Waals surface area contributed by atoms with E-state index in [2.05, 4.69) is 48.2 Å². The zero-order valence-electron chi connectivity index (χ0n) is 13.2. The van der Waals surface area contributed by atoms with Crippen LogP contribution >= 0.6 is 0 Å². The Hall–Kier alpha value is -1.65. The van der Waals surface area contributed by atoms with Crippen LogP contribution < -0.4 is 5.32 Å². The topological polar surface area (TPSA) is 41.3 Å². The van der Waals surface area contributed by atoms with Crippen LogP contribution in [0.15, 0.2) is 41.3 Å². The Morgan fingerprint density at radius 1 is 1.29 bits per heavy atom. The van der Waals surface area contributed by atoms with Crippen LogP contribution in [0.1, 0.15) is 30.7 Å². The van der Waals surface area contributed by atoms with Gasteiger partial charge in [0.25, 0.3) is 0 Å². The molecule has 21 heavy (non-hydrogen) atoms. The standard InChI is InChI=1S/C17H25N3O/c1-14(2)8-19-10-16-7-17(21-13-16)12-20(3)11-15-5-4-6-18-9-15/h4-7,9,13-14,19H,8,10-12H2,1-3H3. The van der Waals surface area contributed by atoms with Crippen LogP contribution in [-0.4, -0.2) is 23.5 Å². The molecule has 4 heteroatoms. The first-order valence-electron chi connectivity index (χ1n) is 7.48. The molecular weight excluding hydrogens is 262 g/mol. The molecular formula is C17H25N3O. The minimum atomic E-state index is 0.669. The Bertz CT molecular complexity index is 522. The summed E-state index contributed by atoms with van der Waals surface area (Å²) in [6.45, 7) is 7.99. The lowest BCUT2D eigenvalue weighted by atomic mass is 10.2. The monoisotopic (exact) mass is 287 g/mol. The maximum atomic E-state index is 5.63. The predicted octanol–water partition coefficient (Wildman–Crippen LogP) is 3.05. The number of rotatable bonds is 8. The van der Waals surface area contributed by atoms with Gasteiger partial charge in [-0.2, -0.15) is 0 Å². The summed E-state index contributed by atoms with van der Waals surface area (Å²) < 4.78 is 5.63. The first-order chi connectivity index (χ1) is 10.1. The van der Waals surface area contributed by atoms with E-state index < -0.39 is 0 Å². The lowest BCUT2D eigenvalue weighted by Gasteiger charge is -2.14. The van der Waals surface area contributed by atoms with Gasteiger partial charge >= 0.3 is 0 Å². The molecule has 0 fully saturated rings. The van der Waals surface area contributed by atoms with Crippen LogP contribution in [0.2, 0.25) is 0 Å². The molecule has 1 N–H and O–H groups in total. The molecule has 0 aromatic carbocycles. The van der Waals surface area contributed by atoms with E-state index in [1.807, 2.05) is 18.5 Å². The molecule has 0 radical (unpaired) electrons. The van der Waals surface area contributed by atoms with Crippen LogP contribution in [0.4, 0.5) is 0 Å². The second-order valence-electron chi connectivity index (χ2n) is 5.98. The fraction of sp³-hybridized carbons (Fsp3) is 0.471. The summed E-state index contributed by atoms with van der Waals surface area (Å²) in [4.78, 5) is 6.36. The molecule has 4 nitrogen and oxygen atoms in total. The van der Waals surface area contributed by atoms with E-state index in [1.165, 1.54) is 11.1 Å². The van der Waals surface area contributed by atoms with E-state index in [0.717, 1.165) is 31.9 Å². The smallest absolute Gasteiger partial charge is 0.118 e. The lowest BCUT2D eigenvalue weighted by molar-refractivity contribution is 0.287. The quantitative estimate of drug-likeness (QED) is 0.810. The number of aromatic nitrogens is 1. The molecule has 0 saturated heterocycles. The average molecular weight is 287 g/mol. The Kier molecular flexibility index (Phi) is 5.96. The highest BCUT2D eigenvalue weighted by Gasteiger charge is 2.06. The van der Waals surface area contributed by atoms with Crippen LogP contribution in [0.5, 0.6) is 0 Å². The van der Waals surface area contributed by atoms with Crippen molar-refractivity contribution in [1.82, 2.24) is 15.2 Å². The average Bonchev–Trinajstić information content (AvgIpc) is 2.86. The molecule has 2 aromatic heterocycles. The highest BCUT2D eigenvalue weighted by Crippen LogP contribution is 2.11. The van der Waals surface area contributed by atoms with Crippen molar-refractivity contribution in [2.45, 2.75) is 33.5 Å². The zero-order valence-corrected chi connectivity index (χ0v) is 13.2. The first-order valence-corrected chi connectivity index (χ1v) is 7.48. The van der Waals surface area contributed by atoms with Gasteiger partial charge in [0.05, 0.1) is 12.8 Å². The Morgan fingerprint density at radius 3 is 2.86 bits per heavy atom. The second-order valence-corrected chi connectivity index (χ2v) is 5.98. The van der Waals surface area contributed by atoms with Crippen molar-refractivity contribution < 1.29 is 4.42 Å². The van der Waals surface area contributed by atoms with Crippen molar-refractivity contribution >= 4 is 0 Å². The van der Waals surface area contributed by atoms with Gasteiger partial charge < -0.3 is 9.73 Å². The Morgan fingerprint density at radius 2 is 2.14 bits per heavy atom. The van der Waals surface area contributed by atoms with Crippen molar-refractivity contribution in [2.75, 3.05) is 13.6 Å². The molecule has 0 bridgehead atoms. The van der Waals surface area contributed by atoms with Gasteiger partial charge in [-0.3, -0.25) is 9.88 Å². The zero-order chi connectivity index (χ0) is 15.1. The molecule has 0 aliphatic heterocycles. The van der Waals surface area contributed by atoms with Crippen molar-refractivity contribution in [3.8, 4) is 0 Å². The van der Waals surface area contributed by atoms with Gasteiger partial charge in [-0.15, -0.1) is 0 Å². The number of pyridine rings is 1. The summed E-state index contributed by atoms with van der Waals surface area (Å²) >= 11 is 0. The van der Waals surface area contributed by atoms with E-state index >= 15 is 0 Å². The van der Waals surface area contributed by atoms with E-state index in [4.69, 9.17) is 4.42 Å². The maximum absolute atomic E-state index is 5.63. The number of nitrogens with one attached hydrogen (secondary N) is 1. The van der Waals surface area contributed by atoms with Crippen LogP contribution in [-0.2, 0) is 19.6 Å². The number of furan rings is 1. The highest BCUT2D eigenvalue weighted by molar-refractivity contribution is 5.13. The molecule has 114 valence electrons. The van der Waals surface area contributed by atoms with Crippen LogP contribution in [0, 0.1) is 5.92 Å². The van der Waals surface area contributed by atoms with Gasteiger partial charge in [0, 0.05) is 31.0 Å². The summed E-state index contributed by atoms with van der Waals surface area (Å²) in [6.07, 6.45) is 5.55. The van der Waals surface area contributed by atoms with E-state index in [1.54, 1.807) is 6.20 Å². The molecule has 0 unspecified atom stereocenters. The van der Waals surface area contributed by atoms with Crippen LogP contribution in [0.25, 0.3) is 0 Å². The number of nitrogens with zero attached hydrogens (tertiary/aromatic N) is 2. The second kappa shape index (κ2) is 7.96. The Labute approximate surface area is 127 Å². The third-order valence-corrected chi connectivity index (χ3v) is 3.19. The summed E-state index contributed by atoms with van der Waals surface area (Å²) in [7, 11) is 2.09. The van der Waals surface area contributed by atoms with Gasteiger partial charge in [-0.25, -0.2) is 0 Å². The first kappa shape index (κ1) is 15.7. The summed E-state index contributed by atoms with van der Waals surface area (Å²) in [5.74, 6) is 1.67. The highest BCUT2D eigenvalue weighted by atomic mass is 16.3. The molecule has 0 saturated carbocycles. The summed E-state index contributed by atoms with van der Waals surface area (Å²) in [5.41, 5.74) is 2.42. The van der Waals surface area contributed by atoms with E-state index in [-0.39, 0.29) is 0 Å². The fourth-order valence-electron chi connectivity index (χ4n) is 2.23. The fourth-order valence-corrected chi connectivity index (χ4v) is 2.23. The molecule has 0 aliphatic carbocycles. The SMILES string of the molecule is CC(C)CNCc1coc(CN(C)Cc2cccnc2)c1. The van der Waals surface area contributed by atoms with Crippen molar-refractivity contribution in [1.29, 1.82) is 0 Å². The minimum Gasteiger partial charge on any atom is -0.468 e. The number of hydrogen-bond acceptors (Lipinski definition) is 4. The third kappa shape index (κ3) is 5.69. The lowest BCUT2D eigenvalue weighted by Crippen LogP contribution is -2.18. The molecule has 2 rings (SSSR count). The molecule has 2 heterocycles. The summed E-state index contributed by atoms with van der Waals surface area (Å²) in [6, 6.07) is 6.19. The molecule has 0 amide bonds. The van der Waals surface area contributed by atoms with Crippen molar-refractivity contribution in [2.24, 2.45) is 5.92 Å². The van der Waals surface area contributed by atoms with E-state index in [0.29, 0.717) is 5.92 Å². The van der Waals surface area contributed by atoms with Gasteiger partial charge in [-0.05, 0) is 37.2 Å². The van der Waals surface area contributed by atoms with Crippen molar-refractivity contribution in [3.05, 3.63) is 53.7 Å². The third-order valence-electron chi connectivity index (χ3n) is 3.19. The van der Waals surface area contributed by atoms with E-state index in [9.17, 15) is 0 Å². The van der Waals surface area contributed by atoms with Gasteiger partial charge in [0.1, 0.15) is 5.76 Å². The molecule has 0 aliphatic rings. The van der Waals surface area contributed by atoms with Crippen LogP contribution in [0.3, 0.4) is 0 Å². The molecule has 0 spiro atoms. The largest absolute Gasteiger partial charge is 0.468 e. The molecule has 2 aromatic rings. The van der Waals surface area contributed by atoms with Gasteiger partial charge in [-0.1, -0.05) is 19.9 Å².